The molecule has 9 heteroatoms. The van der Waals surface area contributed by atoms with Gasteiger partial charge in [-0.05, 0) is 24.5 Å². The second-order valence-electron chi connectivity index (χ2n) is 5.55. The molecule has 0 saturated heterocycles. The van der Waals surface area contributed by atoms with Gasteiger partial charge in [0, 0.05) is 5.92 Å². The number of hydrazone groups is 1. The van der Waals surface area contributed by atoms with E-state index >= 15 is 0 Å². The molecule has 24 heavy (non-hydrogen) atoms. The molecule has 0 aliphatic heterocycles. The highest BCUT2D eigenvalue weighted by Crippen LogP contribution is 2.47. The lowest BCUT2D eigenvalue weighted by Gasteiger charge is -2.07. The molecule has 1 aliphatic rings. The molecule has 0 aromatic carbocycles. The predicted molar refractivity (Wildman–Crippen MR) is 94.0 cm³/mol. The Morgan fingerprint density at radius 2 is 2.12 bits per heavy atom. The highest BCUT2D eigenvalue weighted by molar-refractivity contribution is 6.46. The normalized spacial score (nSPS) is 19.7. The SMILES string of the molecule is C[C@@H]1C[C@@H]1c1ccc(/C=N\NC(=O)c2nc(Cl)c(Cl)c(N)c2Cl)o1. The molecule has 3 rings (SSSR count). The van der Waals surface area contributed by atoms with Crippen molar-refractivity contribution in [2.75, 3.05) is 5.73 Å². The van der Waals surface area contributed by atoms with Gasteiger partial charge in [-0.1, -0.05) is 41.7 Å². The van der Waals surface area contributed by atoms with Crippen molar-refractivity contribution in [3.05, 3.63) is 44.5 Å². The fourth-order valence-corrected chi connectivity index (χ4v) is 2.84. The van der Waals surface area contributed by atoms with E-state index in [1.165, 1.54) is 6.21 Å². The molecule has 1 amide bonds. The minimum absolute atomic E-state index is 0.000799. The van der Waals surface area contributed by atoms with Crippen molar-refractivity contribution in [2.45, 2.75) is 19.3 Å². The molecule has 3 N–H and O–H groups in total. The Hall–Kier alpha value is -1.76. The van der Waals surface area contributed by atoms with Crippen molar-refractivity contribution in [2.24, 2.45) is 11.0 Å². The fraction of sp³-hybridized carbons (Fsp3) is 0.267. The summed E-state index contributed by atoms with van der Waals surface area (Å²) in [6, 6.07) is 3.70. The van der Waals surface area contributed by atoms with Crippen LogP contribution in [0.3, 0.4) is 0 Å². The predicted octanol–water partition coefficient (Wildman–Crippen LogP) is 4.10. The van der Waals surface area contributed by atoms with Crippen molar-refractivity contribution in [1.82, 2.24) is 10.4 Å². The summed E-state index contributed by atoms with van der Waals surface area (Å²) >= 11 is 17.6. The van der Waals surface area contributed by atoms with Gasteiger partial charge in [0.2, 0.25) is 0 Å². The quantitative estimate of drug-likeness (QED) is 0.469. The fourth-order valence-electron chi connectivity index (χ4n) is 2.24. The van der Waals surface area contributed by atoms with Crippen molar-refractivity contribution < 1.29 is 9.21 Å². The number of pyridine rings is 1. The van der Waals surface area contributed by atoms with E-state index in [9.17, 15) is 4.79 Å². The number of nitrogen functional groups attached to an aromatic ring is 1. The lowest BCUT2D eigenvalue weighted by Crippen LogP contribution is -2.20. The third-order valence-corrected chi connectivity index (χ3v) is 4.90. The molecule has 2 atom stereocenters. The topological polar surface area (TPSA) is 93.5 Å². The second-order valence-corrected chi connectivity index (χ2v) is 6.67. The summed E-state index contributed by atoms with van der Waals surface area (Å²) < 4.78 is 5.64. The van der Waals surface area contributed by atoms with Crippen LogP contribution < -0.4 is 11.2 Å². The Labute approximate surface area is 153 Å². The lowest BCUT2D eigenvalue weighted by molar-refractivity contribution is 0.0950. The Balaban J connectivity index is 1.68. The van der Waals surface area contributed by atoms with Crippen molar-refractivity contribution in [3.63, 3.8) is 0 Å². The zero-order chi connectivity index (χ0) is 17.4. The van der Waals surface area contributed by atoms with Gasteiger partial charge < -0.3 is 10.2 Å². The number of halogens is 3. The third-order valence-electron chi connectivity index (χ3n) is 3.77. The summed E-state index contributed by atoms with van der Waals surface area (Å²) in [5, 5.41) is 3.63. The van der Waals surface area contributed by atoms with Crippen LogP contribution in [0.4, 0.5) is 5.69 Å². The Bertz CT molecular complexity index is 834. The van der Waals surface area contributed by atoms with E-state index in [2.05, 4.69) is 22.4 Å². The van der Waals surface area contributed by atoms with Gasteiger partial charge in [0.25, 0.3) is 5.91 Å². The molecule has 126 valence electrons. The largest absolute Gasteiger partial charge is 0.460 e. The lowest BCUT2D eigenvalue weighted by atomic mass is 10.3. The average Bonchev–Trinajstić information content (AvgIpc) is 3.09. The van der Waals surface area contributed by atoms with E-state index in [0.29, 0.717) is 17.6 Å². The smallest absolute Gasteiger partial charge is 0.291 e. The van der Waals surface area contributed by atoms with Gasteiger partial charge in [-0.15, -0.1) is 0 Å². The Morgan fingerprint density at radius 1 is 1.42 bits per heavy atom. The molecule has 2 heterocycles. The first-order valence-electron chi connectivity index (χ1n) is 7.11. The number of furan rings is 1. The number of hydrogen-bond acceptors (Lipinski definition) is 5. The maximum absolute atomic E-state index is 12.1. The van der Waals surface area contributed by atoms with Crippen LogP contribution in [-0.2, 0) is 0 Å². The number of nitrogens with two attached hydrogens (primary N) is 1. The number of rotatable bonds is 4. The number of aromatic nitrogens is 1. The van der Waals surface area contributed by atoms with E-state index in [-0.39, 0.29) is 26.6 Å². The van der Waals surface area contributed by atoms with Crippen molar-refractivity contribution in [1.29, 1.82) is 0 Å². The zero-order valence-electron chi connectivity index (χ0n) is 12.5. The molecule has 0 spiro atoms. The first kappa shape index (κ1) is 17.1. The van der Waals surface area contributed by atoms with Crippen LogP contribution in [0.25, 0.3) is 0 Å². The third kappa shape index (κ3) is 3.36. The van der Waals surface area contributed by atoms with Gasteiger partial charge in [0.05, 0.1) is 16.9 Å². The van der Waals surface area contributed by atoms with Gasteiger partial charge in [0.1, 0.15) is 16.5 Å². The van der Waals surface area contributed by atoms with Gasteiger partial charge >= 0.3 is 0 Å². The van der Waals surface area contributed by atoms with Crippen molar-refractivity contribution >= 4 is 52.6 Å². The van der Waals surface area contributed by atoms with Crippen LogP contribution in [0.2, 0.25) is 15.2 Å². The minimum Gasteiger partial charge on any atom is -0.460 e. The van der Waals surface area contributed by atoms with Crippen LogP contribution in [0, 0.1) is 5.92 Å². The summed E-state index contributed by atoms with van der Waals surface area (Å²) in [6.07, 6.45) is 2.52. The molecule has 1 aliphatic carbocycles. The number of carbonyl (C=O) groups excluding carboxylic acids is 1. The van der Waals surface area contributed by atoms with Crippen LogP contribution >= 0.6 is 34.8 Å². The molecule has 6 nitrogen and oxygen atoms in total. The highest BCUT2D eigenvalue weighted by Gasteiger charge is 2.36. The number of hydrogen-bond donors (Lipinski definition) is 2. The first-order chi connectivity index (χ1) is 11.4. The highest BCUT2D eigenvalue weighted by atomic mass is 35.5. The minimum atomic E-state index is -0.663. The number of nitrogens with zero attached hydrogens (tertiary/aromatic N) is 2. The number of carbonyl (C=O) groups is 1. The number of nitrogens with one attached hydrogen (secondary N) is 1. The van der Waals surface area contributed by atoms with E-state index in [1.54, 1.807) is 6.07 Å². The molecule has 0 unspecified atom stereocenters. The van der Waals surface area contributed by atoms with Gasteiger partial charge in [-0.2, -0.15) is 5.10 Å². The van der Waals surface area contributed by atoms with Gasteiger partial charge in [0.15, 0.2) is 10.8 Å². The monoisotopic (exact) mass is 386 g/mol. The van der Waals surface area contributed by atoms with Gasteiger partial charge in [-0.25, -0.2) is 10.4 Å². The average molecular weight is 388 g/mol. The van der Waals surface area contributed by atoms with Crippen LogP contribution in [-0.4, -0.2) is 17.1 Å². The Kier molecular flexibility index (Phi) is 4.71. The maximum atomic E-state index is 12.1. The molecule has 1 fully saturated rings. The van der Waals surface area contributed by atoms with Crippen LogP contribution in [0.5, 0.6) is 0 Å². The molecular weight excluding hydrogens is 375 g/mol. The summed E-state index contributed by atoms with van der Waals surface area (Å²) in [4.78, 5) is 15.9. The van der Waals surface area contributed by atoms with Crippen molar-refractivity contribution in [3.8, 4) is 0 Å². The number of amides is 1. The van der Waals surface area contributed by atoms with E-state index in [4.69, 9.17) is 45.0 Å². The van der Waals surface area contributed by atoms with Crippen LogP contribution in [0.1, 0.15) is 41.3 Å². The summed E-state index contributed by atoms with van der Waals surface area (Å²) in [5.41, 5.74) is 7.79. The molecule has 2 aromatic heterocycles. The summed E-state index contributed by atoms with van der Waals surface area (Å²) in [7, 11) is 0. The second kappa shape index (κ2) is 6.63. The van der Waals surface area contributed by atoms with Crippen LogP contribution in [0.15, 0.2) is 21.7 Å². The Morgan fingerprint density at radius 3 is 2.79 bits per heavy atom. The summed E-state index contributed by atoms with van der Waals surface area (Å²) in [6.45, 7) is 2.17. The maximum Gasteiger partial charge on any atom is 0.291 e. The standard InChI is InChI=1S/C15H13Cl3N4O2/c1-6-4-8(6)9-3-2-7(24-9)5-20-22-15(23)13-10(16)12(19)11(17)14(18)21-13/h2-3,5-6,8H,4H2,1H3,(H2,19,21)(H,22,23)/b20-5-/t6-,8+/m1/s1. The molecule has 2 aromatic rings. The molecule has 0 radical (unpaired) electrons. The molecule has 0 bridgehead atoms. The van der Waals surface area contributed by atoms with E-state index < -0.39 is 5.91 Å². The van der Waals surface area contributed by atoms with E-state index in [0.717, 1.165) is 12.2 Å². The first-order valence-corrected chi connectivity index (χ1v) is 8.25. The molecular formula is C15H13Cl3N4O2. The summed E-state index contributed by atoms with van der Waals surface area (Å²) in [5.74, 6) is 1.93. The van der Waals surface area contributed by atoms with Gasteiger partial charge in [-0.3, -0.25) is 4.79 Å². The van der Waals surface area contributed by atoms with E-state index in [1.807, 2.05) is 6.07 Å². The number of anilines is 1. The zero-order valence-corrected chi connectivity index (χ0v) is 14.8. The molecule has 1 saturated carbocycles.